The molecule has 4 rings (SSSR count). The predicted molar refractivity (Wildman–Crippen MR) is 91.6 cm³/mol. The van der Waals surface area contributed by atoms with E-state index in [1.54, 1.807) is 4.90 Å². The van der Waals surface area contributed by atoms with Crippen LogP contribution >= 0.6 is 0 Å². The summed E-state index contributed by atoms with van der Waals surface area (Å²) in [6.45, 7) is 2.87. The average Bonchev–Trinajstić information content (AvgIpc) is 3.00. The maximum Gasteiger partial charge on any atom is 0.270 e. The van der Waals surface area contributed by atoms with Gasteiger partial charge in [0.1, 0.15) is 5.71 Å². The van der Waals surface area contributed by atoms with Crippen molar-refractivity contribution in [1.82, 2.24) is 15.2 Å². The SMILES string of the molecule is O=C1CCC(C(=O)N2CC[C@]3(CCCN(CC4CCC4)C3=O)C2)=NN1. The van der Waals surface area contributed by atoms with Gasteiger partial charge in [0.25, 0.3) is 5.91 Å². The van der Waals surface area contributed by atoms with Crippen LogP contribution in [0.25, 0.3) is 0 Å². The molecule has 2 saturated heterocycles. The van der Waals surface area contributed by atoms with Gasteiger partial charge in [-0.15, -0.1) is 0 Å². The first-order chi connectivity index (χ1) is 12.1. The fraction of sp³-hybridized carbons (Fsp3) is 0.778. The fourth-order valence-electron chi connectivity index (χ4n) is 4.55. The van der Waals surface area contributed by atoms with E-state index in [1.165, 1.54) is 19.3 Å². The first-order valence-electron chi connectivity index (χ1n) is 9.51. The van der Waals surface area contributed by atoms with Gasteiger partial charge >= 0.3 is 0 Å². The summed E-state index contributed by atoms with van der Waals surface area (Å²) in [7, 11) is 0. The largest absolute Gasteiger partial charge is 0.342 e. The van der Waals surface area contributed by atoms with Gasteiger partial charge in [-0.25, -0.2) is 5.43 Å². The molecule has 1 N–H and O–H groups in total. The summed E-state index contributed by atoms with van der Waals surface area (Å²) in [5, 5.41) is 3.91. The molecule has 25 heavy (non-hydrogen) atoms. The van der Waals surface area contributed by atoms with Crippen molar-refractivity contribution in [3.63, 3.8) is 0 Å². The highest BCUT2D eigenvalue weighted by molar-refractivity contribution is 6.39. The van der Waals surface area contributed by atoms with E-state index >= 15 is 0 Å². The number of hydrogen-bond donors (Lipinski definition) is 1. The van der Waals surface area contributed by atoms with Crippen LogP contribution in [0.1, 0.15) is 51.4 Å². The zero-order chi connectivity index (χ0) is 17.4. The number of nitrogens with zero attached hydrogens (tertiary/aromatic N) is 3. The second-order valence-electron chi connectivity index (χ2n) is 8.00. The quantitative estimate of drug-likeness (QED) is 0.824. The minimum Gasteiger partial charge on any atom is -0.342 e. The lowest BCUT2D eigenvalue weighted by atomic mass is 9.77. The molecule has 7 nitrogen and oxygen atoms in total. The van der Waals surface area contributed by atoms with Crippen LogP contribution in [-0.2, 0) is 14.4 Å². The third-order valence-corrected chi connectivity index (χ3v) is 6.32. The van der Waals surface area contributed by atoms with Gasteiger partial charge in [0.2, 0.25) is 11.8 Å². The molecule has 0 unspecified atom stereocenters. The van der Waals surface area contributed by atoms with E-state index in [9.17, 15) is 14.4 Å². The molecule has 1 spiro atoms. The molecule has 0 bridgehead atoms. The lowest BCUT2D eigenvalue weighted by Crippen LogP contribution is -2.52. The Balaban J connectivity index is 1.42. The van der Waals surface area contributed by atoms with Crippen LogP contribution in [0.3, 0.4) is 0 Å². The predicted octanol–water partition coefficient (Wildman–Crippen LogP) is 0.894. The third kappa shape index (κ3) is 3.04. The minimum atomic E-state index is -0.393. The van der Waals surface area contributed by atoms with Gasteiger partial charge in [0.15, 0.2) is 0 Å². The average molecular weight is 346 g/mol. The Kier molecular flexibility index (Phi) is 4.25. The molecule has 3 aliphatic heterocycles. The first kappa shape index (κ1) is 16.5. The van der Waals surface area contributed by atoms with Crippen molar-refractivity contribution < 1.29 is 14.4 Å². The van der Waals surface area contributed by atoms with Crippen molar-refractivity contribution in [3.05, 3.63) is 0 Å². The van der Waals surface area contributed by atoms with E-state index in [-0.39, 0.29) is 17.7 Å². The van der Waals surface area contributed by atoms with Crippen LogP contribution in [0.2, 0.25) is 0 Å². The van der Waals surface area contributed by atoms with Crippen molar-refractivity contribution in [3.8, 4) is 0 Å². The van der Waals surface area contributed by atoms with Crippen molar-refractivity contribution in [2.24, 2.45) is 16.4 Å². The smallest absolute Gasteiger partial charge is 0.270 e. The number of hydrogen-bond acceptors (Lipinski definition) is 4. The van der Waals surface area contributed by atoms with Gasteiger partial charge in [-0.05, 0) is 38.0 Å². The monoisotopic (exact) mass is 346 g/mol. The van der Waals surface area contributed by atoms with Crippen LogP contribution in [-0.4, -0.2) is 59.4 Å². The Hall–Kier alpha value is -1.92. The number of nitrogens with one attached hydrogen (secondary N) is 1. The van der Waals surface area contributed by atoms with E-state index in [4.69, 9.17) is 0 Å². The number of amides is 3. The zero-order valence-corrected chi connectivity index (χ0v) is 14.6. The van der Waals surface area contributed by atoms with Crippen LogP contribution < -0.4 is 5.43 Å². The molecule has 0 aromatic rings. The molecule has 0 aromatic carbocycles. The number of piperidine rings is 1. The van der Waals surface area contributed by atoms with Crippen LogP contribution in [0, 0.1) is 11.3 Å². The van der Waals surface area contributed by atoms with Crippen molar-refractivity contribution in [1.29, 1.82) is 0 Å². The summed E-state index contributed by atoms with van der Waals surface area (Å²) in [6, 6.07) is 0. The molecule has 0 radical (unpaired) electrons. The zero-order valence-electron chi connectivity index (χ0n) is 14.6. The second-order valence-corrected chi connectivity index (χ2v) is 8.00. The van der Waals surface area contributed by atoms with E-state index in [1.807, 2.05) is 0 Å². The molecule has 1 atom stereocenters. The molecular formula is C18H26N4O3. The van der Waals surface area contributed by atoms with Crippen LogP contribution in [0.15, 0.2) is 5.10 Å². The number of carbonyl (C=O) groups excluding carboxylic acids is 3. The first-order valence-corrected chi connectivity index (χ1v) is 9.51. The summed E-state index contributed by atoms with van der Waals surface area (Å²) >= 11 is 0. The molecule has 136 valence electrons. The number of likely N-dealkylation sites (tertiary alicyclic amines) is 2. The van der Waals surface area contributed by atoms with Gasteiger partial charge < -0.3 is 9.80 Å². The third-order valence-electron chi connectivity index (χ3n) is 6.32. The Bertz CT molecular complexity index is 628. The second kappa shape index (κ2) is 6.42. The van der Waals surface area contributed by atoms with E-state index in [0.717, 1.165) is 32.4 Å². The lowest BCUT2D eigenvalue weighted by molar-refractivity contribution is -0.147. The Morgan fingerprint density at radius 2 is 2.00 bits per heavy atom. The summed E-state index contributed by atoms with van der Waals surface area (Å²) in [4.78, 5) is 40.8. The maximum absolute atomic E-state index is 13.1. The molecule has 3 fully saturated rings. The van der Waals surface area contributed by atoms with Crippen molar-refractivity contribution in [2.45, 2.75) is 51.4 Å². The van der Waals surface area contributed by atoms with Gasteiger partial charge in [-0.1, -0.05) is 6.42 Å². The molecule has 0 aromatic heterocycles. The van der Waals surface area contributed by atoms with Crippen LogP contribution in [0.5, 0.6) is 0 Å². The Labute approximate surface area is 147 Å². The molecule has 1 saturated carbocycles. The number of carbonyl (C=O) groups is 3. The molecule has 3 heterocycles. The summed E-state index contributed by atoms with van der Waals surface area (Å²) in [5.41, 5.74) is 2.40. The highest BCUT2D eigenvalue weighted by Gasteiger charge is 2.50. The van der Waals surface area contributed by atoms with E-state index in [0.29, 0.717) is 37.6 Å². The van der Waals surface area contributed by atoms with Gasteiger partial charge in [0.05, 0.1) is 5.41 Å². The van der Waals surface area contributed by atoms with Gasteiger partial charge in [-0.3, -0.25) is 14.4 Å². The Morgan fingerprint density at radius 3 is 2.68 bits per heavy atom. The topological polar surface area (TPSA) is 82.1 Å². The molecular weight excluding hydrogens is 320 g/mol. The van der Waals surface area contributed by atoms with Gasteiger partial charge in [0, 0.05) is 39.0 Å². The van der Waals surface area contributed by atoms with E-state index < -0.39 is 5.41 Å². The van der Waals surface area contributed by atoms with Crippen molar-refractivity contribution in [2.75, 3.05) is 26.2 Å². The number of hydrazone groups is 1. The lowest BCUT2D eigenvalue weighted by Gasteiger charge is -2.42. The molecule has 3 amide bonds. The van der Waals surface area contributed by atoms with Gasteiger partial charge in [-0.2, -0.15) is 5.10 Å². The fourth-order valence-corrected chi connectivity index (χ4v) is 4.55. The standard InChI is InChI=1S/C18H26N4O3/c23-15-6-5-14(19-20-15)16(24)22-10-8-18(12-22)7-2-9-21(17(18)25)11-13-3-1-4-13/h13H,1-12H2,(H,20,23)/t18-/m1/s1. The number of rotatable bonds is 3. The minimum absolute atomic E-state index is 0.124. The summed E-state index contributed by atoms with van der Waals surface area (Å²) in [6.07, 6.45) is 7.11. The molecule has 7 heteroatoms. The van der Waals surface area contributed by atoms with E-state index in [2.05, 4.69) is 15.4 Å². The molecule has 4 aliphatic rings. The normalized spacial score (nSPS) is 30.3. The highest BCUT2D eigenvalue weighted by Crippen LogP contribution is 2.41. The summed E-state index contributed by atoms with van der Waals surface area (Å²) in [5.74, 6) is 0.655. The Morgan fingerprint density at radius 1 is 1.16 bits per heavy atom. The van der Waals surface area contributed by atoms with Crippen LogP contribution in [0.4, 0.5) is 0 Å². The highest BCUT2D eigenvalue weighted by atomic mass is 16.2. The van der Waals surface area contributed by atoms with Crippen molar-refractivity contribution >= 4 is 23.4 Å². The summed E-state index contributed by atoms with van der Waals surface area (Å²) < 4.78 is 0. The molecule has 1 aliphatic carbocycles. The maximum atomic E-state index is 13.1.